The van der Waals surface area contributed by atoms with Crippen molar-refractivity contribution >= 4 is 18.4 Å². The van der Waals surface area contributed by atoms with Crippen LogP contribution in [0.5, 0.6) is 0 Å². The SMILES string of the molecule is CC(C)CCN[C@@H]1C[C@]2(C)[C@@H](C(=O)O)CC[C@H]2[C@@H]2CC[C@H]3C[C@H](O)[C@@H](O)C[C@]3(C)[C@H]21.Cl. The van der Waals surface area contributed by atoms with Gasteiger partial charge in [0, 0.05) is 6.04 Å². The van der Waals surface area contributed by atoms with Gasteiger partial charge in [0.15, 0.2) is 0 Å². The van der Waals surface area contributed by atoms with Crippen molar-refractivity contribution in [2.75, 3.05) is 6.54 Å². The maximum Gasteiger partial charge on any atom is 0.307 e. The quantitative estimate of drug-likeness (QED) is 0.499. The topological polar surface area (TPSA) is 89.8 Å². The molecule has 4 N–H and O–H groups in total. The van der Waals surface area contributed by atoms with E-state index in [9.17, 15) is 20.1 Å². The third kappa shape index (κ3) is 4.18. The smallest absolute Gasteiger partial charge is 0.307 e. The van der Waals surface area contributed by atoms with Crippen LogP contribution in [-0.2, 0) is 4.79 Å². The van der Waals surface area contributed by atoms with E-state index in [4.69, 9.17) is 0 Å². The van der Waals surface area contributed by atoms with Crippen molar-refractivity contribution in [1.82, 2.24) is 5.32 Å². The number of carboxylic acids is 1. The lowest BCUT2D eigenvalue weighted by Gasteiger charge is -2.63. The lowest BCUT2D eigenvalue weighted by atomic mass is 9.43. The second-order valence-electron chi connectivity index (χ2n) is 12.1. The Kier molecular flexibility index (Phi) is 7.43. The molecule has 0 bridgehead atoms. The van der Waals surface area contributed by atoms with Crippen LogP contribution in [0.3, 0.4) is 0 Å². The van der Waals surface area contributed by atoms with Crippen LogP contribution in [0.25, 0.3) is 0 Å². The van der Waals surface area contributed by atoms with Crippen molar-refractivity contribution in [3.8, 4) is 0 Å². The number of fused-ring (bicyclic) bond motifs is 5. The number of halogens is 1. The van der Waals surface area contributed by atoms with Gasteiger partial charge in [-0.25, -0.2) is 0 Å². The highest BCUT2D eigenvalue weighted by Gasteiger charge is 2.64. The maximum absolute atomic E-state index is 12.1. The van der Waals surface area contributed by atoms with Crippen LogP contribution in [0.2, 0.25) is 0 Å². The Balaban J connectivity index is 0.00000272. The van der Waals surface area contributed by atoms with Gasteiger partial charge in [0.25, 0.3) is 0 Å². The van der Waals surface area contributed by atoms with Gasteiger partial charge >= 0.3 is 5.97 Å². The average Bonchev–Trinajstić information content (AvgIpc) is 2.99. The number of aliphatic hydroxyl groups is 2. The zero-order valence-corrected chi connectivity index (χ0v) is 20.5. The van der Waals surface area contributed by atoms with Gasteiger partial charge in [-0.05, 0) is 98.3 Å². The van der Waals surface area contributed by atoms with E-state index in [2.05, 4.69) is 33.0 Å². The number of nitrogens with one attached hydrogen (secondary N) is 1. The summed E-state index contributed by atoms with van der Waals surface area (Å²) in [4.78, 5) is 12.1. The fourth-order valence-electron chi connectivity index (χ4n) is 8.62. The molecule has 5 nitrogen and oxygen atoms in total. The van der Waals surface area contributed by atoms with E-state index in [0.29, 0.717) is 48.5 Å². The minimum Gasteiger partial charge on any atom is -0.481 e. The van der Waals surface area contributed by atoms with Crippen molar-refractivity contribution in [2.24, 2.45) is 46.3 Å². The molecular weight excluding hydrogens is 414 g/mol. The van der Waals surface area contributed by atoms with E-state index >= 15 is 0 Å². The highest BCUT2D eigenvalue weighted by atomic mass is 35.5. The van der Waals surface area contributed by atoms with Crippen LogP contribution in [-0.4, -0.2) is 46.1 Å². The molecule has 4 saturated carbocycles. The number of aliphatic hydroxyl groups excluding tert-OH is 2. The number of carboxylic acid groups (broad SMARTS) is 1. The Morgan fingerprint density at radius 3 is 2.39 bits per heavy atom. The summed E-state index contributed by atoms with van der Waals surface area (Å²) in [7, 11) is 0. The first-order valence-electron chi connectivity index (χ1n) is 12.4. The number of carbonyl (C=O) groups is 1. The molecule has 0 radical (unpaired) electrons. The molecule has 31 heavy (non-hydrogen) atoms. The molecule has 4 aliphatic rings. The summed E-state index contributed by atoms with van der Waals surface area (Å²) in [6.07, 6.45) is 6.28. The van der Waals surface area contributed by atoms with Gasteiger partial charge < -0.3 is 20.6 Å². The normalized spacial score (nSPS) is 49.0. The second kappa shape index (κ2) is 9.12. The third-order valence-electron chi connectivity index (χ3n) is 10.1. The predicted molar refractivity (Wildman–Crippen MR) is 124 cm³/mol. The number of hydrogen-bond acceptors (Lipinski definition) is 4. The van der Waals surface area contributed by atoms with Crippen molar-refractivity contribution in [1.29, 1.82) is 0 Å². The van der Waals surface area contributed by atoms with Gasteiger partial charge in [-0.2, -0.15) is 0 Å². The molecule has 0 aromatic heterocycles. The highest BCUT2D eigenvalue weighted by Crippen LogP contribution is 2.67. The zero-order chi connectivity index (χ0) is 21.8. The van der Waals surface area contributed by atoms with E-state index in [1.165, 1.54) is 0 Å². The summed E-state index contributed by atoms with van der Waals surface area (Å²) in [5, 5.41) is 34.8. The molecule has 0 heterocycles. The Labute approximate surface area is 194 Å². The lowest BCUT2D eigenvalue weighted by molar-refractivity contribution is -0.174. The third-order valence-corrected chi connectivity index (χ3v) is 10.1. The molecule has 4 aliphatic carbocycles. The molecule has 6 heteroatoms. The number of hydrogen-bond donors (Lipinski definition) is 4. The van der Waals surface area contributed by atoms with Gasteiger partial charge in [-0.3, -0.25) is 4.79 Å². The number of rotatable bonds is 5. The molecule has 4 rings (SSSR count). The molecule has 0 spiro atoms. The minimum atomic E-state index is -0.634. The summed E-state index contributed by atoms with van der Waals surface area (Å²) in [6.45, 7) is 10.1. The molecule has 4 fully saturated rings. The van der Waals surface area contributed by atoms with E-state index in [1.54, 1.807) is 0 Å². The fourth-order valence-corrected chi connectivity index (χ4v) is 8.62. The predicted octanol–water partition coefficient (Wildman–Crippen LogP) is 4.10. The molecule has 0 amide bonds. The van der Waals surface area contributed by atoms with E-state index < -0.39 is 18.2 Å². The van der Waals surface area contributed by atoms with Crippen molar-refractivity contribution in [2.45, 2.75) is 97.3 Å². The van der Waals surface area contributed by atoms with Crippen LogP contribution < -0.4 is 5.32 Å². The first-order valence-corrected chi connectivity index (χ1v) is 12.4. The zero-order valence-electron chi connectivity index (χ0n) is 19.7. The van der Waals surface area contributed by atoms with E-state index in [0.717, 1.165) is 45.1 Å². The van der Waals surface area contributed by atoms with Crippen LogP contribution in [0.1, 0.15) is 79.1 Å². The summed E-state index contributed by atoms with van der Waals surface area (Å²) in [5.74, 6) is 1.68. The summed E-state index contributed by atoms with van der Waals surface area (Å²) >= 11 is 0. The summed E-state index contributed by atoms with van der Waals surface area (Å²) in [5.41, 5.74) is -0.127. The van der Waals surface area contributed by atoms with Crippen LogP contribution in [0.15, 0.2) is 0 Å². The Bertz CT molecular complexity index is 659. The van der Waals surface area contributed by atoms with Gasteiger partial charge in [-0.1, -0.05) is 27.7 Å². The molecule has 10 atom stereocenters. The minimum absolute atomic E-state index is 0. The van der Waals surface area contributed by atoms with Crippen molar-refractivity contribution < 1.29 is 20.1 Å². The first kappa shape index (κ1) is 25.3. The highest BCUT2D eigenvalue weighted by molar-refractivity contribution is 5.85. The fraction of sp³-hybridized carbons (Fsp3) is 0.960. The Morgan fingerprint density at radius 1 is 1.03 bits per heavy atom. The monoisotopic (exact) mass is 457 g/mol. The molecule has 0 aromatic rings. The van der Waals surface area contributed by atoms with Crippen LogP contribution in [0.4, 0.5) is 0 Å². The van der Waals surface area contributed by atoms with E-state index in [1.807, 2.05) is 0 Å². The lowest BCUT2D eigenvalue weighted by Crippen LogP contribution is -2.64. The molecule has 0 aromatic carbocycles. The van der Waals surface area contributed by atoms with E-state index in [-0.39, 0.29) is 29.2 Å². The van der Waals surface area contributed by atoms with Gasteiger partial charge in [0.1, 0.15) is 0 Å². The largest absolute Gasteiger partial charge is 0.481 e. The first-order chi connectivity index (χ1) is 14.1. The molecule has 0 saturated heterocycles. The summed E-state index contributed by atoms with van der Waals surface area (Å²) in [6, 6.07) is 0.296. The van der Waals surface area contributed by atoms with Crippen LogP contribution in [0, 0.1) is 46.3 Å². The molecule has 0 aliphatic heterocycles. The average molecular weight is 458 g/mol. The van der Waals surface area contributed by atoms with Crippen molar-refractivity contribution in [3.05, 3.63) is 0 Å². The van der Waals surface area contributed by atoms with Crippen molar-refractivity contribution in [3.63, 3.8) is 0 Å². The summed E-state index contributed by atoms with van der Waals surface area (Å²) < 4.78 is 0. The number of aliphatic carboxylic acids is 1. The van der Waals surface area contributed by atoms with Gasteiger partial charge in [0.2, 0.25) is 0 Å². The standard InChI is InChI=1S/C25H43NO4.ClH/c1-14(2)9-10-26-19-12-25(4)17(7-8-18(25)23(29)30)16-6-5-15-11-20(27)21(28)13-24(15,3)22(16)19;/h14-22,26-28H,5-13H2,1-4H3,(H,29,30);1H/t15-,16-,17-,18+,19+,20-,21-,22+,24-,25-;/m0./s1. The van der Waals surface area contributed by atoms with Gasteiger partial charge in [0.05, 0.1) is 18.1 Å². The molecule has 0 unspecified atom stereocenters. The Morgan fingerprint density at radius 2 is 1.74 bits per heavy atom. The maximum atomic E-state index is 12.1. The molecule has 180 valence electrons. The Hall–Kier alpha value is -0.360. The second-order valence-corrected chi connectivity index (χ2v) is 12.1. The molecular formula is C25H44ClNO4. The van der Waals surface area contributed by atoms with Crippen LogP contribution >= 0.6 is 12.4 Å². The van der Waals surface area contributed by atoms with Gasteiger partial charge in [-0.15, -0.1) is 12.4 Å².